The monoisotopic (exact) mass is 251 g/mol. The highest BCUT2D eigenvalue weighted by Gasteiger charge is 2.20. The van der Waals surface area contributed by atoms with Crippen molar-refractivity contribution >= 4 is 17.6 Å². The van der Waals surface area contributed by atoms with E-state index in [0.717, 1.165) is 44.3 Å². The first-order valence-corrected chi connectivity index (χ1v) is 6.48. The number of morpholine rings is 1. The van der Waals surface area contributed by atoms with Crippen LogP contribution in [0.4, 0.5) is 17.6 Å². The molecule has 1 unspecified atom stereocenters. The number of hydrogen-bond donors (Lipinski definition) is 2. The highest BCUT2D eigenvalue weighted by molar-refractivity contribution is 5.52. The fraction of sp³-hybridized carbons (Fsp3) is 0.667. The van der Waals surface area contributed by atoms with Crippen LogP contribution in [0.3, 0.4) is 0 Å². The van der Waals surface area contributed by atoms with E-state index in [1.807, 2.05) is 13.0 Å². The Morgan fingerprint density at radius 3 is 3.06 bits per heavy atom. The molecule has 1 aliphatic rings. The smallest absolute Gasteiger partial charge is 0.223 e. The minimum absolute atomic E-state index is 0.275. The van der Waals surface area contributed by atoms with E-state index in [1.54, 1.807) is 0 Å². The van der Waals surface area contributed by atoms with Gasteiger partial charge in [-0.1, -0.05) is 6.92 Å². The summed E-state index contributed by atoms with van der Waals surface area (Å²) < 4.78 is 5.65. The van der Waals surface area contributed by atoms with E-state index in [-0.39, 0.29) is 6.10 Å². The summed E-state index contributed by atoms with van der Waals surface area (Å²) in [5.74, 6) is 1.96. The average molecular weight is 251 g/mol. The van der Waals surface area contributed by atoms with E-state index < -0.39 is 0 Å². The maximum atomic E-state index is 5.74. The Morgan fingerprint density at radius 2 is 2.33 bits per heavy atom. The van der Waals surface area contributed by atoms with Crippen LogP contribution in [0.1, 0.15) is 20.3 Å². The number of nitrogens with zero attached hydrogens (tertiary/aromatic N) is 3. The molecular formula is C12H21N5O. The van der Waals surface area contributed by atoms with E-state index in [1.165, 1.54) is 0 Å². The minimum atomic E-state index is 0.275. The number of nitrogens with two attached hydrogens (primary N) is 1. The van der Waals surface area contributed by atoms with E-state index in [0.29, 0.717) is 5.95 Å². The predicted molar refractivity (Wildman–Crippen MR) is 72.9 cm³/mol. The summed E-state index contributed by atoms with van der Waals surface area (Å²) in [4.78, 5) is 10.7. The first kappa shape index (κ1) is 12.9. The molecule has 0 aromatic carbocycles. The maximum Gasteiger partial charge on any atom is 0.223 e. The van der Waals surface area contributed by atoms with E-state index in [2.05, 4.69) is 27.1 Å². The zero-order valence-electron chi connectivity index (χ0n) is 11.0. The van der Waals surface area contributed by atoms with Crippen molar-refractivity contribution in [3.8, 4) is 0 Å². The number of hydrogen-bond acceptors (Lipinski definition) is 6. The molecule has 0 spiro atoms. The largest absolute Gasteiger partial charge is 0.375 e. The van der Waals surface area contributed by atoms with E-state index >= 15 is 0 Å². The number of ether oxygens (including phenoxy) is 1. The summed E-state index contributed by atoms with van der Waals surface area (Å²) in [5, 5.41) is 3.16. The van der Waals surface area contributed by atoms with Gasteiger partial charge in [-0.3, -0.25) is 0 Å². The third kappa shape index (κ3) is 3.01. The van der Waals surface area contributed by atoms with Gasteiger partial charge in [-0.2, -0.15) is 9.97 Å². The second-order valence-corrected chi connectivity index (χ2v) is 4.35. The number of rotatable bonds is 4. The third-order valence-electron chi connectivity index (χ3n) is 3.01. The normalized spacial score (nSPS) is 19.9. The van der Waals surface area contributed by atoms with Crippen LogP contribution in [-0.2, 0) is 4.74 Å². The number of nitrogen functional groups attached to an aromatic ring is 1. The fourth-order valence-corrected chi connectivity index (χ4v) is 2.06. The molecule has 1 aromatic rings. The third-order valence-corrected chi connectivity index (χ3v) is 3.01. The van der Waals surface area contributed by atoms with Gasteiger partial charge in [0.05, 0.1) is 12.7 Å². The average Bonchev–Trinajstić information content (AvgIpc) is 2.38. The summed E-state index contributed by atoms with van der Waals surface area (Å²) in [6, 6.07) is 1.94. The molecule has 0 radical (unpaired) electrons. The van der Waals surface area contributed by atoms with Gasteiger partial charge in [0.25, 0.3) is 0 Å². The van der Waals surface area contributed by atoms with Crippen LogP contribution in [0.2, 0.25) is 0 Å². The maximum absolute atomic E-state index is 5.74. The Hall–Kier alpha value is -1.56. The lowest BCUT2D eigenvalue weighted by molar-refractivity contribution is 0.0382. The lowest BCUT2D eigenvalue weighted by Gasteiger charge is -2.33. The molecule has 2 heterocycles. The molecule has 0 amide bonds. The molecule has 1 fully saturated rings. The summed E-state index contributed by atoms with van der Waals surface area (Å²) >= 11 is 0. The van der Waals surface area contributed by atoms with Crippen molar-refractivity contribution in [3.05, 3.63) is 6.07 Å². The first-order chi connectivity index (χ1) is 8.72. The number of aromatic nitrogens is 2. The molecule has 1 aromatic heterocycles. The van der Waals surface area contributed by atoms with Gasteiger partial charge in [0.1, 0.15) is 11.6 Å². The SMILES string of the molecule is CCNc1cc(N2CCOC(CC)C2)nc(N)n1. The second-order valence-electron chi connectivity index (χ2n) is 4.35. The quantitative estimate of drug-likeness (QED) is 0.834. The molecule has 1 aliphatic heterocycles. The topological polar surface area (TPSA) is 76.3 Å². The number of nitrogens with one attached hydrogen (secondary N) is 1. The van der Waals surface area contributed by atoms with Crippen molar-refractivity contribution in [1.29, 1.82) is 0 Å². The van der Waals surface area contributed by atoms with Crippen molar-refractivity contribution in [1.82, 2.24) is 9.97 Å². The van der Waals surface area contributed by atoms with Gasteiger partial charge >= 0.3 is 0 Å². The Bertz CT molecular complexity index is 398. The fourth-order valence-electron chi connectivity index (χ4n) is 2.06. The molecule has 0 bridgehead atoms. The molecule has 2 rings (SSSR count). The highest BCUT2D eigenvalue weighted by atomic mass is 16.5. The van der Waals surface area contributed by atoms with Gasteiger partial charge in [0.2, 0.25) is 5.95 Å². The van der Waals surface area contributed by atoms with Gasteiger partial charge in [-0.25, -0.2) is 0 Å². The lowest BCUT2D eigenvalue weighted by atomic mass is 10.2. The molecule has 18 heavy (non-hydrogen) atoms. The highest BCUT2D eigenvalue weighted by Crippen LogP contribution is 2.20. The summed E-state index contributed by atoms with van der Waals surface area (Å²) in [6.45, 7) is 7.42. The van der Waals surface area contributed by atoms with Crippen molar-refractivity contribution in [2.24, 2.45) is 0 Å². The summed E-state index contributed by atoms with van der Waals surface area (Å²) in [7, 11) is 0. The zero-order valence-corrected chi connectivity index (χ0v) is 11.0. The van der Waals surface area contributed by atoms with Gasteiger partial charge in [-0.05, 0) is 13.3 Å². The van der Waals surface area contributed by atoms with Crippen LogP contribution in [0.5, 0.6) is 0 Å². The Morgan fingerprint density at radius 1 is 1.50 bits per heavy atom. The summed E-state index contributed by atoms with van der Waals surface area (Å²) in [5.41, 5.74) is 5.74. The second kappa shape index (κ2) is 5.86. The molecule has 1 saturated heterocycles. The molecule has 6 nitrogen and oxygen atoms in total. The Labute approximate surface area is 108 Å². The van der Waals surface area contributed by atoms with Crippen molar-refractivity contribution in [3.63, 3.8) is 0 Å². The molecule has 3 N–H and O–H groups in total. The van der Waals surface area contributed by atoms with Crippen molar-refractivity contribution in [2.75, 3.05) is 42.2 Å². The van der Waals surface area contributed by atoms with E-state index in [4.69, 9.17) is 10.5 Å². The first-order valence-electron chi connectivity index (χ1n) is 6.48. The molecule has 6 heteroatoms. The Kier molecular flexibility index (Phi) is 4.19. The predicted octanol–water partition coefficient (Wildman–Crippen LogP) is 1.11. The minimum Gasteiger partial charge on any atom is -0.375 e. The van der Waals surface area contributed by atoms with Crippen LogP contribution in [-0.4, -0.2) is 42.3 Å². The summed E-state index contributed by atoms with van der Waals surface area (Å²) in [6.07, 6.45) is 1.29. The zero-order chi connectivity index (χ0) is 13.0. The lowest BCUT2D eigenvalue weighted by Crippen LogP contribution is -2.42. The van der Waals surface area contributed by atoms with E-state index in [9.17, 15) is 0 Å². The van der Waals surface area contributed by atoms with Crippen LogP contribution in [0.15, 0.2) is 6.07 Å². The van der Waals surface area contributed by atoms with Crippen LogP contribution < -0.4 is 16.0 Å². The Balaban J connectivity index is 2.16. The van der Waals surface area contributed by atoms with Gasteiger partial charge in [-0.15, -0.1) is 0 Å². The molecule has 1 atom stereocenters. The van der Waals surface area contributed by atoms with Gasteiger partial charge < -0.3 is 20.7 Å². The molecular weight excluding hydrogens is 230 g/mol. The molecule has 100 valence electrons. The van der Waals surface area contributed by atoms with Crippen LogP contribution in [0.25, 0.3) is 0 Å². The van der Waals surface area contributed by atoms with Gasteiger partial charge in [0.15, 0.2) is 0 Å². The van der Waals surface area contributed by atoms with Crippen LogP contribution in [0, 0.1) is 0 Å². The van der Waals surface area contributed by atoms with Gasteiger partial charge in [0, 0.05) is 25.7 Å². The standard InChI is InChI=1S/C12H21N5O/c1-3-9-8-17(5-6-18-9)11-7-10(14-4-2)15-12(13)16-11/h7,9H,3-6,8H2,1-2H3,(H3,13,14,15,16). The molecule has 0 aliphatic carbocycles. The van der Waals surface area contributed by atoms with Crippen LogP contribution >= 0.6 is 0 Å². The number of anilines is 3. The molecule has 0 saturated carbocycles. The van der Waals surface area contributed by atoms with Crippen molar-refractivity contribution in [2.45, 2.75) is 26.4 Å². The van der Waals surface area contributed by atoms with Crippen molar-refractivity contribution < 1.29 is 4.74 Å².